The zero-order valence-electron chi connectivity index (χ0n) is 78.8. The van der Waals surface area contributed by atoms with Crippen molar-refractivity contribution in [3.63, 3.8) is 0 Å². The highest BCUT2D eigenvalue weighted by molar-refractivity contribution is 6.03. The maximum absolute atomic E-state index is 12.2. The van der Waals surface area contributed by atoms with E-state index in [4.69, 9.17) is 19.9 Å². The number of ketones is 1. The molecule has 39 heteroatoms. The number of fused-ring (bicyclic) bond motifs is 8. The van der Waals surface area contributed by atoms with E-state index in [1.807, 2.05) is 158 Å². The quantitative estimate of drug-likeness (QED) is 0.0283. The largest absolute Gasteiger partial charge is 0.335 e. The molecule has 24 rings (SSSR count). The molecular weight excluding hydrogens is 1830 g/mol. The number of nitrogens with zero attached hydrogens (tertiary/aromatic N) is 24. The second-order valence-corrected chi connectivity index (χ2v) is 35.3. The third-order valence-corrected chi connectivity index (χ3v) is 23.8. The summed E-state index contributed by atoms with van der Waals surface area (Å²) < 4.78 is 0. The summed E-state index contributed by atoms with van der Waals surface area (Å²) in [6.45, 7) is 13.6. The predicted molar refractivity (Wildman–Crippen MR) is 552 cm³/mol. The van der Waals surface area contributed by atoms with Gasteiger partial charge in [-0.1, -0.05) is 60.6 Å². The van der Waals surface area contributed by atoms with Crippen molar-refractivity contribution >= 4 is 129 Å². The molecule has 0 spiro atoms. The van der Waals surface area contributed by atoms with Crippen LogP contribution >= 0.6 is 0 Å². The number of pyridine rings is 16. The standard InChI is InChI=1S/2C27H23N9O.C26H21N9O.C26H20N8O/c1-15(2)7-23(37)32-19-8-17(10-29-12-19)18-9-20-25(35-36-26(20)31-11-18)27-33-22-14-30-13-21(24(22)34-27)16-3-5-28-6-4-16;1-15(2)7-23(37)32-18-8-16(10-28-12-18)17-9-19-25(35-36-26(19)31-11-17)27-33-22-14-29-13-20(24(22)34-27)21-5-3-4-6-30-21;1-14(2)26(36)31-18-7-16(9-28-11-18)17-8-19-23(34-35-24(19)30-10-17)25-32-21-13-29-12-20(22(21)33-25)15-3-5-27-6-4-15;1-2-19(35)10-18-4-3-16(11-29-18)17-9-20-24(33-34-25(20)30-12-17)26-31-22-14-28-13-21(23(22)32-26)15-5-7-27-8-6-15/h2*3-6,8-15H,7H2,1-2H3,(H,32,37)(H,33,34)(H,31,35,36);3-14H,1-2H3,(H,31,36)(H,32,33)(H,30,34,35);3-9,11-14H,2,10H2,1H3,(H,31,32)(H,30,33,34). The van der Waals surface area contributed by atoms with Gasteiger partial charge in [0, 0.05) is 222 Å². The number of Topliss-reactive ketones (excluding diaryl/α,β-unsaturated/α-hetero) is 1. The highest BCUT2D eigenvalue weighted by Gasteiger charge is 2.25. The molecule has 3 amide bonds. The molecule has 0 aliphatic heterocycles. The van der Waals surface area contributed by atoms with Gasteiger partial charge in [0.1, 0.15) is 34.1 Å². The lowest BCUT2D eigenvalue weighted by molar-refractivity contribution is -0.119. The van der Waals surface area contributed by atoms with Crippen molar-refractivity contribution in [2.75, 3.05) is 16.0 Å². The molecule has 0 aliphatic carbocycles. The van der Waals surface area contributed by atoms with E-state index in [1.54, 1.807) is 161 Å². The van der Waals surface area contributed by atoms with E-state index >= 15 is 0 Å². The van der Waals surface area contributed by atoms with E-state index < -0.39 is 0 Å². The van der Waals surface area contributed by atoms with Crippen molar-refractivity contribution in [1.82, 2.24) is 160 Å². The number of carbonyl (C=O) groups excluding carboxylic acids is 4. The first-order valence-electron chi connectivity index (χ1n) is 46.5. The Bertz CT molecular complexity index is 8660. The van der Waals surface area contributed by atoms with Crippen LogP contribution in [0.5, 0.6) is 0 Å². The van der Waals surface area contributed by atoms with Crippen LogP contribution in [-0.4, -0.2) is 184 Å². The fraction of sp³-hybridized carbons (Fsp3) is 0.132. The average Bonchev–Trinajstić information content (AvgIpc) is 1.63. The van der Waals surface area contributed by atoms with Crippen LogP contribution < -0.4 is 16.0 Å². The third-order valence-electron chi connectivity index (χ3n) is 23.8. The van der Waals surface area contributed by atoms with Crippen LogP contribution in [0.25, 0.3) is 223 Å². The van der Waals surface area contributed by atoms with Gasteiger partial charge in [0.05, 0.1) is 126 Å². The zero-order chi connectivity index (χ0) is 99.1. The SMILES string of the molecule is CC(C)C(=O)Nc1cncc(-c2cnc3n[nH]c(-c4nc5c(-c6ccncc6)cncc5[nH]4)c3c2)c1.CC(C)CC(=O)Nc1cncc(-c2cnc3n[nH]c(-c4nc5c(-c6ccccn6)cncc5[nH]4)c3c2)c1.CC(C)CC(=O)Nc1cncc(-c2cnc3n[nH]c(-c4nc5c(-c6ccncc6)cncc5[nH]4)c3c2)c1.CCC(=O)Cc1ccc(-c2cnc3n[nH]c(-c4nc5c(-c6ccncc6)cncc5[nH]4)c3c2)cn1. The van der Waals surface area contributed by atoms with E-state index in [1.165, 1.54) is 0 Å². The summed E-state index contributed by atoms with van der Waals surface area (Å²) in [5.41, 5.74) is 28.4. The molecule has 710 valence electrons. The van der Waals surface area contributed by atoms with Gasteiger partial charge in [-0.05, 0) is 126 Å². The van der Waals surface area contributed by atoms with Gasteiger partial charge in [-0.15, -0.1) is 0 Å². The first-order valence-corrected chi connectivity index (χ1v) is 46.5. The van der Waals surface area contributed by atoms with Gasteiger partial charge >= 0.3 is 0 Å². The Labute approximate surface area is 822 Å². The van der Waals surface area contributed by atoms with E-state index in [9.17, 15) is 19.2 Å². The maximum atomic E-state index is 12.2. The number of imidazole rings is 4. The number of aromatic nitrogens is 32. The molecule has 11 N–H and O–H groups in total. The van der Waals surface area contributed by atoms with Gasteiger partial charge in [-0.25, -0.2) is 39.9 Å². The molecule has 0 bridgehead atoms. The van der Waals surface area contributed by atoms with Crippen LogP contribution in [0.1, 0.15) is 73.4 Å². The Hall–Kier alpha value is -19.8. The number of hydrogen-bond acceptors (Lipinski definition) is 28. The molecule has 0 aliphatic rings. The first-order chi connectivity index (χ1) is 70.8. The number of aromatic amines is 8. The zero-order valence-corrected chi connectivity index (χ0v) is 78.8. The summed E-state index contributed by atoms with van der Waals surface area (Å²) in [6, 6.07) is 34.8. The topological polar surface area (TPSA) is 540 Å². The summed E-state index contributed by atoms with van der Waals surface area (Å²) in [7, 11) is 0. The first kappa shape index (κ1) is 91.6. The fourth-order valence-electron chi connectivity index (χ4n) is 16.6. The summed E-state index contributed by atoms with van der Waals surface area (Å²) in [5, 5.41) is 41.7. The van der Waals surface area contributed by atoms with Crippen molar-refractivity contribution in [3.05, 3.63) is 276 Å². The minimum absolute atomic E-state index is 0.0369. The van der Waals surface area contributed by atoms with Crippen molar-refractivity contribution in [2.45, 2.75) is 74.1 Å². The molecule has 24 heterocycles. The van der Waals surface area contributed by atoms with Gasteiger partial charge in [-0.3, -0.25) is 99.4 Å². The van der Waals surface area contributed by atoms with Crippen LogP contribution in [0.15, 0.2) is 270 Å². The molecule has 0 aromatic carbocycles. The third kappa shape index (κ3) is 19.8. The van der Waals surface area contributed by atoms with Crippen LogP contribution in [0.4, 0.5) is 17.1 Å². The smallest absolute Gasteiger partial charge is 0.226 e. The molecule has 24 aromatic heterocycles. The van der Waals surface area contributed by atoms with Crippen LogP contribution in [0, 0.1) is 17.8 Å². The van der Waals surface area contributed by atoms with Gasteiger partial charge in [-0.2, -0.15) is 20.4 Å². The van der Waals surface area contributed by atoms with E-state index in [-0.39, 0.29) is 41.3 Å². The summed E-state index contributed by atoms with van der Waals surface area (Å²) in [4.78, 5) is 151. The average molecular weight is 1920 g/mol. The lowest BCUT2D eigenvalue weighted by atomic mass is 10.1. The van der Waals surface area contributed by atoms with Gasteiger partial charge in [0.2, 0.25) is 17.7 Å². The Morgan fingerprint density at radius 2 is 0.634 bits per heavy atom. The summed E-state index contributed by atoms with van der Waals surface area (Å²) in [5.74, 6) is 2.99. The number of anilines is 3. The number of nitrogens with one attached hydrogen (secondary N) is 11. The van der Waals surface area contributed by atoms with Crippen molar-refractivity contribution in [1.29, 1.82) is 0 Å². The van der Waals surface area contributed by atoms with Crippen LogP contribution in [0.2, 0.25) is 0 Å². The van der Waals surface area contributed by atoms with Gasteiger partial charge in [0.25, 0.3) is 0 Å². The molecule has 0 saturated heterocycles. The molecule has 0 fully saturated rings. The van der Waals surface area contributed by atoms with Crippen LogP contribution in [-0.2, 0) is 25.6 Å². The lowest BCUT2D eigenvalue weighted by Crippen LogP contribution is -2.17. The Kier molecular flexibility index (Phi) is 25.5. The van der Waals surface area contributed by atoms with Crippen molar-refractivity contribution < 1.29 is 19.2 Å². The van der Waals surface area contributed by atoms with Gasteiger partial charge < -0.3 is 35.9 Å². The minimum Gasteiger partial charge on any atom is -0.335 e. The van der Waals surface area contributed by atoms with E-state index in [0.29, 0.717) is 100 Å². The Morgan fingerprint density at radius 3 is 0.966 bits per heavy atom. The normalized spacial score (nSPS) is 11.4. The number of amides is 3. The predicted octanol–water partition coefficient (Wildman–Crippen LogP) is 19.2. The molecule has 24 aromatic rings. The number of hydrogen-bond donors (Lipinski definition) is 11. The fourth-order valence-corrected chi connectivity index (χ4v) is 16.6. The minimum atomic E-state index is -0.127. The lowest BCUT2D eigenvalue weighted by Gasteiger charge is -2.09. The highest BCUT2D eigenvalue weighted by Crippen LogP contribution is 2.40. The van der Waals surface area contributed by atoms with Gasteiger partial charge in [0.15, 0.2) is 45.9 Å². The molecule has 0 unspecified atom stereocenters. The molecular formula is C106H87N35O4. The molecule has 0 atom stereocenters. The second kappa shape index (κ2) is 40.4. The van der Waals surface area contributed by atoms with E-state index in [0.717, 1.165) is 172 Å². The number of rotatable bonds is 23. The summed E-state index contributed by atoms with van der Waals surface area (Å²) >= 11 is 0. The molecule has 145 heavy (non-hydrogen) atoms. The Morgan fingerprint density at radius 1 is 0.303 bits per heavy atom. The number of H-pyrrole nitrogens is 8. The van der Waals surface area contributed by atoms with E-state index in [2.05, 4.69) is 156 Å². The summed E-state index contributed by atoms with van der Waals surface area (Å²) in [6.07, 6.45) is 47.1. The second-order valence-electron chi connectivity index (χ2n) is 35.3. The van der Waals surface area contributed by atoms with Crippen LogP contribution in [0.3, 0.4) is 0 Å². The molecule has 0 saturated carbocycles. The monoisotopic (exact) mass is 1910 g/mol. The molecule has 0 radical (unpaired) electrons. The number of carbonyl (C=O) groups is 4. The highest BCUT2D eigenvalue weighted by atomic mass is 16.2. The van der Waals surface area contributed by atoms with Crippen molar-refractivity contribution in [2.24, 2.45) is 17.8 Å². The Balaban J connectivity index is 0.000000114. The molecule has 39 nitrogen and oxygen atoms in total. The maximum Gasteiger partial charge on any atom is 0.226 e. The van der Waals surface area contributed by atoms with Crippen molar-refractivity contribution in [3.8, 4) is 135 Å².